The molecule has 21 heavy (non-hydrogen) atoms. The highest BCUT2D eigenvalue weighted by atomic mass is 16.7. The largest absolute Gasteiger partial charge is 0.507 e. The van der Waals surface area contributed by atoms with E-state index in [-0.39, 0.29) is 23.1 Å². The number of benzene rings is 1. The molecule has 1 saturated heterocycles. The summed E-state index contributed by atoms with van der Waals surface area (Å²) in [6.45, 7) is 1.26. The molecular weight excluding hydrogens is 274 g/mol. The number of rotatable bonds is 2. The van der Waals surface area contributed by atoms with Crippen molar-refractivity contribution < 1.29 is 24.5 Å². The molecule has 1 saturated carbocycles. The molecule has 6 nitrogen and oxygen atoms in total. The van der Waals surface area contributed by atoms with Gasteiger partial charge in [0.15, 0.2) is 5.79 Å². The molecule has 1 aliphatic carbocycles. The van der Waals surface area contributed by atoms with E-state index in [1.54, 1.807) is 0 Å². The Labute approximate surface area is 122 Å². The van der Waals surface area contributed by atoms with Crippen molar-refractivity contribution in [1.82, 2.24) is 5.32 Å². The van der Waals surface area contributed by atoms with Gasteiger partial charge in [-0.3, -0.25) is 4.79 Å². The van der Waals surface area contributed by atoms with E-state index < -0.39 is 11.7 Å². The van der Waals surface area contributed by atoms with Crippen LogP contribution in [0.4, 0.5) is 0 Å². The molecule has 1 aromatic rings. The first kappa shape index (κ1) is 14.2. The molecule has 3 rings (SSSR count). The molecule has 0 bridgehead atoms. The molecular formula is C15H19NO5. The Hall–Kier alpha value is -1.79. The smallest absolute Gasteiger partial charge is 0.259 e. The molecule has 6 heteroatoms. The van der Waals surface area contributed by atoms with Gasteiger partial charge in [0.2, 0.25) is 0 Å². The van der Waals surface area contributed by atoms with Gasteiger partial charge in [0.1, 0.15) is 17.1 Å². The van der Waals surface area contributed by atoms with Gasteiger partial charge in [-0.1, -0.05) is 6.07 Å². The Morgan fingerprint density at radius 3 is 2.29 bits per heavy atom. The van der Waals surface area contributed by atoms with E-state index in [1.165, 1.54) is 18.2 Å². The van der Waals surface area contributed by atoms with Gasteiger partial charge in [-0.2, -0.15) is 0 Å². The lowest BCUT2D eigenvalue weighted by atomic mass is 9.90. The number of ether oxygens (including phenoxy) is 2. The second-order valence-electron chi connectivity index (χ2n) is 5.53. The Morgan fingerprint density at radius 2 is 1.71 bits per heavy atom. The lowest BCUT2D eigenvalue weighted by Gasteiger charge is -2.35. The lowest BCUT2D eigenvalue weighted by Crippen LogP contribution is -2.44. The van der Waals surface area contributed by atoms with Crippen LogP contribution < -0.4 is 5.32 Å². The maximum Gasteiger partial charge on any atom is 0.259 e. The summed E-state index contributed by atoms with van der Waals surface area (Å²) in [4.78, 5) is 12.2. The monoisotopic (exact) mass is 293 g/mol. The summed E-state index contributed by atoms with van der Waals surface area (Å²) in [5.74, 6) is -1.36. The number of carbonyl (C=O) groups is 1. The Morgan fingerprint density at radius 1 is 1.14 bits per heavy atom. The topological polar surface area (TPSA) is 88.0 Å². The number of aromatic hydroxyl groups is 2. The number of nitrogens with one attached hydrogen (secondary N) is 1. The zero-order chi connectivity index (χ0) is 14.9. The van der Waals surface area contributed by atoms with Gasteiger partial charge >= 0.3 is 0 Å². The summed E-state index contributed by atoms with van der Waals surface area (Å²) in [7, 11) is 0. The van der Waals surface area contributed by atoms with Gasteiger partial charge in [-0.05, 0) is 25.0 Å². The van der Waals surface area contributed by atoms with Crippen molar-refractivity contribution in [3.8, 4) is 11.5 Å². The molecule has 1 heterocycles. The van der Waals surface area contributed by atoms with Crippen LogP contribution in [-0.4, -0.2) is 41.2 Å². The molecule has 2 fully saturated rings. The van der Waals surface area contributed by atoms with Crippen LogP contribution in [0.15, 0.2) is 18.2 Å². The van der Waals surface area contributed by atoms with E-state index >= 15 is 0 Å². The van der Waals surface area contributed by atoms with Gasteiger partial charge in [0.25, 0.3) is 5.91 Å². The van der Waals surface area contributed by atoms with E-state index in [4.69, 9.17) is 9.47 Å². The Kier molecular flexibility index (Phi) is 3.73. The summed E-state index contributed by atoms with van der Waals surface area (Å²) < 4.78 is 11.3. The van der Waals surface area contributed by atoms with Crippen LogP contribution in [0.2, 0.25) is 0 Å². The minimum atomic E-state index is -0.460. The van der Waals surface area contributed by atoms with Crippen molar-refractivity contribution >= 4 is 5.91 Å². The number of hydrogen-bond donors (Lipinski definition) is 3. The van der Waals surface area contributed by atoms with Crippen LogP contribution in [0, 0.1) is 0 Å². The molecule has 0 radical (unpaired) electrons. The molecule has 3 N–H and O–H groups in total. The molecule has 0 aromatic heterocycles. The molecule has 1 amide bonds. The normalized spacial score (nSPS) is 21.5. The standard InChI is InChI=1S/C15H19NO5/c17-11-2-1-3-12(18)13(11)14(19)16-10-4-6-15(7-5-10)20-8-9-21-15/h1-3,10,17-18H,4-9H2,(H,16,19). The minimum Gasteiger partial charge on any atom is -0.507 e. The molecule has 0 atom stereocenters. The maximum atomic E-state index is 12.2. The quantitative estimate of drug-likeness (QED) is 0.769. The van der Waals surface area contributed by atoms with Gasteiger partial charge in [0, 0.05) is 18.9 Å². The average molecular weight is 293 g/mol. The second kappa shape index (κ2) is 5.54. The zero-order valence-electron chi connectivity index (χ0n) is 11.7. The second-order valence-corrected chi connectivity index (χ2v) is 5.53. The van der Waals surface area contributed by atoms with Crippen LogP contribution in [0.1, 0.15) is 36.0 Å². The number of phenols is 2. The predicted octanol–water partition coefficient (Wildman–Crippen LogP) is 1.51. The Balaban J connectivity index is 1.61. The summed E-state index contributed by atoms with van der Waals surface area (Å²) in [5, 5.41) is 22.2. The fraction of sp³-hybridized carbons (Fsp3) is 0.533. The van der Waals surface area contributed by atoms with E-state index in [1.807, 2.05) is 0 Å². The highest BCUT2D eigenvalue weighted by Crippen LogP contribution is 2.36. The fourth-order valence-corrected chi connectivity index (χ4v) is 3.01. The molecule has 114 valence electrons. The first-order chi connectivity index (χ1) is 10.1. The third-order valence-electron chi connectivity index (χ3n) is 4.14. The van der Waals surface area contributed by atoms with Crippen LogP contribution in [-0.2, 0) is 9.47 Å². The summed E-state index contributed by atoms with van der Waals surface area (Å²) in [6, 6.07) is 4.24. The SMILES string of the molecule is O=C(NC1CCC2(CC1)OCCO2)c1c(O)cccc1O. The first-order valence-corrected chi connectivity index (χ1v) is 7.19. The van der Waals surface area contributed by atoms with Crippen LogP contribution in [0.3, 0.4) is 0 Å². The Bertz CT molecular complexity index is 509. The molecule has 1 spiro atoms. The average Bonchev–Trinajstić information content (AvgIpc) is 2.90. The third kappa shape index (κ3) is 2.82. The lowest BCUT2D eigenvalue weighted by molar-refractivity contribution is -0.179. The number of phenolic OH excluding ortho intramolecular Hbond substituents is 2. The van der Waals surface area contributed by atoms with Gasteiger partial charge in [-0.25, -0.2) is 0 Å². The maximum absolute atomic E-state index is 12.2. The first-order valence-electron chi connectivity index (χ1n) is 7.19. The van der Waals surface area contributed by atoms with Crippen molar-refractivity contribution in [3.63, 3.8) is 0 Å². The molecule has 1 aromatic carbocycles. The van der Waals surface area contributed by atoms with Crippen molar-refractivity contribution in [2.24, 2.45) is 0 Å². The molecule has 2 aliphatic rings. The van der Waals surface area contributed by atoms with Gasteiger partial charge < -0.3 is 25.0 Å². The van der Waals surface area contributed by atoms with Crippen LogP contribution >= 0.6 is 0 Å². The highest BCUT2D eigenvalue weighted by molar-refractivity contribution is 5.99. The number of hydrogen-bond acceptors (Lipinski definition) is 5. The molecule has 0 unspecified atom stereocenters. The van der Waals surface area contributed by atoms with E-state index in [9.17, 15) is 15.0 Å². The third-order valence-corrected chi connectivity index (χ3v) is 4.14. The number of carbonyl (C=O) groups excluding carboxylic acids is 1. The van der Waals surface area contributed by atoms with Crippen LogP contribution in [0.5, 0.6) is 11.5 Å². The van der Waals surface area contributed by atoms with Crippen molar-refractivity contribution in [2.45, 2.75) is 37.5 Å². The van der Waals surface area contributed by atoms with Gasteiger partial charge in [-0.15, -0.1) is 0 Å². The summed E-state index contributed by atoms with van der Waals surface area (Å²) >= 11 is 0. The molecule has 1 aliphatic heterocycles. The van der Waals surface area contributed by atoms with E-state index in [0.717, 1.165) is 25.7 Å². The van der Waals surface area contributed by atoms with Crippen molar-refractivity contribution in [2.75, 3.05) is 13.2 Å². The minimum absolute atomic E-state index is 0.00469. The van der Waals surface area contributed by atoms with Crippen LogP contribution in [0.25, 0.3) is 0 Å². The zero-order valence-corrected chi connectivity index (χ0v) is 11.7. The number of amides is 1. The summed E-state index contributed by atoms with van der Waals surface area (Å²) in [5.41, 5.74) is -0.0776. The predicted molar refractivity (Wildman–Crippen MR) is 74.1 cm³/mol. The van der Waals surface area contributed by atoms with Crippen molar-refractivity contribution in [1.29, 1.82) is 0 Å². The van der Waals surface area contributed by atoms with E-state index in [2.05, 4.69) is 5.32 Å². The fourth-order valence-electron chi connectivity index (χ4n) is 3.01. The van der Waals surface area contributed by atoms with E-state index in [0.29, 0.717) is 13.2 Å². The highest BCUT2D eigenvalue weighted by Gasteiger charge is 2.40. The summed E-state index contributed by atoms with van der Waals surface area (Å²) in [6.07, 6.45) is 2.98. The van der Waals surface area contributed by atoms with Crippen molar-refractivity contribution in [3.05, 3.63) is 23.8 Å². The van der Waals surface area contributed by atoms with Gasteiger partial charge in [0.05, 0.1) is 13.2 Å².